The topological polar surface area (TPSA) is 93.0 Å². The van der Waals surface area contributed by atoms with Crippen LogP contribution in [0.1, 0.15) is 34.3 Å². The van der Waals surface area contributed by atoms with Crippen LogP contribution in [0.25, 0.3) is 0 Å². The molecule has 2 fully saturated rings. The summed E-state index contributed by atoms with van der Waals surface area (Å²) in [6, 6.07) is 6.08. The van der Waals surface area contributed by atoms with Gasteiger partial charge in [-0.2, -0.15) is 0 Å². The normalized spacial score (nSPS) is 17.8. The summed E-state index contributed by atoms with van der Waals surface area (Å²) in [5.74, 6) is -1.51. The van der Waals surface area contributed by atoms with Crippen molar-refractivity contribution in [1.82, 2.24) is 9.88 Å². The first kappa shape index (κ1) is 21.3. The Morgan fingerprint density at radius 2 is 1.90 bits per heavy atom. The van der Waals surface area contributed by atoms with Gasteiger partial charge >= 0.3 is 0 Å². The third-order valence-corrected chi connectivity index (χ3v) is 5.96. The summed E-state index contributed by atoms with van der Waals surface area (Å²) >= 11 is 0. The van der Waals surface area contributed by atoms with Crippen LogP contribution in [-0.2, 0) is 23.1 Å². The molecule has 4 rings (SSSR count). The molecule has 166 valence electrons. The fourth-order valence-electron chi connectivity index (χ4n) is 4.11. The van der Waals surface area contributed by atoms with E-state index in [1.807, 2.05) is 4.90 Å². The molecule has 0 radical (unpaired) electrons. The molecule has 0 aliphatic carbocycles. The Kier molecular flexibility index (Phi) is 5.72. The molecule has 1 amide bonds. The van der Waals surface area contributed by atoms with E-state index in [2.05, 4.69) is 5.32 Å². The van der Waals surface area contributed by atoms with Crippen LogP contribution in [0.4, 0.5) is 10.2 Å². The first-order valence-corrected chi connectivity index (χ1v) is 10.3. The van der Waals surface area contributed by atoms with Gasteiger partial charge in [-0.25, -0.2) is 4.39 Å². The number of anilines is 1. The molecule has 31 heavy (non-hydrogen) atoms. The van der Waals surface area contributed by atoms with Crippen molar-refractivity contribution in [1.29, 1.82) is 0 Å². The smallest absolute Gasteiger partial charge is 0.294 e. The quantitative estimate of drug-likeness (QED) is 0.767. The van der Waals surface area contributed by atoms with Crippen LogP contribution < -0.4 is 15.8 Å². The van der Waals surface area contributed by atoms with Crippen molar-refractivity contribution in [3.8, 4) is 5.75 Å². The number of piperidine rings is 1. The van der Waals surface area contributed by atoms with Crippen LogP contribution in [0.15, 0.2) is 29.1 Å². The van der Waals surface area contributed by atoms with Crippen molar-refractivity contribution >= 4 is 11.7 Å². The summed E-state index contributed by atoms with van der Waals surface area (Å²) in [6.45, 7) is 4.13. The Morgan fingerprint density at radius 1 is 1.23 bits per heavy atom. The lowest BCUT2D eigenvalue weighted by Gasteiger charge is -2.39. The Morgan fingerprint density at radius 3 is 2.55 bits per heavy atom. The molecule has 0 atom stereocenters. The average molecular weight is 431 g/mol. The number of nitrogens with zero attached hydrogens (tertiary/aromatic N) is 2. The first-order valence-electron chi connectivity index (χ1n) is 10.3. The predicted octanol–water partition coefficient (Wildman–Crippen LogP) is 1.81. The average Bonchev–Trinajstić information content (AvgIpc) is 3.22. The number of carbonyl (C=O) groups is 1. The number of hydrogen-bond donors (Lipinski definition) is 2. The number of benzene rings is 1. The highest BCUT2D eigenvalue weighted by molar-refractivity contribution is 5.97. The molecule has 2 aliphatic rings. The lowest BCUT2D eigenvalue weighted by atomic mass is 10.0. The predicted molar refractivity (Wildman–Crippen MR) is 112 cm³/mol. The second-order valence-corrected chi connectivity index (χ2v) is 7.99. The Hall–Kier alpha value is -2.91. The van der Waals surface area contributed by atoms with Crippen molar-refractivity contribution in [2.45, 2.75) is 32.1 Å². The molecule has 0 saturated carbocycles. The maximum atomic E-state index is 13.4. The number of nitrogens with one attached hydrogen (secondary N) is 1. The number of aromatic hydroxyl groups is 1. The second kappa shape index (κ2) is 8.32. The molecule has 2 aliphatic heterocycles. The van der Waals surface area contributed by atoms with E-state index in [9.17, 15) is 19.1 Å². The number of carbonyl (C=O) groups excluding carboxylic acids is 1. The van der Waals surface area contributed by atoms with Gasteiger partial charge < -0.3 is 24.8 Å². The van der Waals surface area contributed by atoms with Gasteiger partial charge in [0.15, 0.2) is 11.5 Å². The third-order valence-electron chi connectivity index (χ3n) is 5.96. The number of aryl methyl sites for hydroxylation is 1. The van der Waals surface area contributed by atoms with Crippen molar-refractivity contribution in [3.63, 3.8) is 0 Å². The molecule has 9 heteroatoms. The standard InChI is InChI=1S/C22H26FN3O5/c1-14-11-15(3-4-17(14)23)13-24-20(28)16-12-18(25(2)21(29)19(16)27)26-7-5-22(6-8-26)30-9-10-31-22/h3-4,11-12,27H,5-10,13H2,1-2H3,(H,24,28). The number of amides is 1. The molecule has 1 spiro atoms. The number of ether oxygens (including phenoxy) is 2. The maximum absolute atomic E-state index is 13.4. The molecule has 2 aromatic rings. The van der Waals surface area contributed by atoms with Gasteiger partial charge in [0.05, 0.1) is 18.8 Å². The van der Waals surface area contributed by atoms with Crippen molar-refractivity contribution < 1.29 is 23.8 Å². The lowest BCUT2D eigenvalue weighted by molar-refractivity contribution is -0.169. The number of aromatic nitrogens is 1. The van der Waals surface area contributed by atoms with Crippen molar-refractivity contribution in [2.24, 2.45) is 7.05 Å². The number of pyridine rings is 1. The molecule has 1 aromatic carbocycles. The van der Waals surface area contributed by atoms with Gasteiger partial charge in [-0.05, 0) is 30.2 Å². The van der Waals surface area contributed by atoms with E-state index in [0.29, 0.717) is 56.1 Å². The van der Waals surface area contributed by atoms with Gasteiger partial charge in [0.1, 0.15) is 11.6 Å². The summed E-state index contributed by atoms with van der Waals surface area (Å²) in [5.41, 5.74) is 0.455. The van der Waals surface area contributed by atoms with E-state index in [0.717, 1.165) is 0 Å². The molecule has 2 N–H and O–H groups in total. The summed E-state index contributed by atoms with van der Waals surface area (Å²) in [4.78, 5) is 27.3. The second-order valence-electron chi connectivity index (χ2n) is 7.99. The summed E-state index contributed by atoms with van der Waals surface area (Å²) < 4.78 is 26.3. The van der Waals surface area contributed by atoms with Crippen LogP contribution >= 0.6 is 0 Å². The molecule has 8 nitrogen and oxygen atoms in total. The maximum Gasteiger partial charge on any atom is 0.294 e. The highest BCUT2D eigenvalue weighted by Crippen LogP contribution is 2.33. The fraction of sp³-hybridized carbons (Fsp3) is 0.455. The zero-order valence-corrected chi connectivity index (χ0v) is 17.6. The summed E-state index contributed by atoms with van der Waals surface area (Å²) in [5, 5.41) is 13.0. The van der Waals surface area contributed by atoms with E-state index in [1.54, 1.807) is 26.1 Å². The number of halogens is 1. The van der Waals surface area contributed by atoms with E-state index < -0.39 is 23.0 Å². The van der Waals surface area contributed by atoms with E-state index >= 15 is 0 Å². The van der Waals surface area contributed by atoms with E-state index in [1.165, 1.54) is 16.7 Å². The van der Waals surface area contributed by atoms with Crippen LogP contribution in [0, 0.1) is 12.7 Å². The Balaban J connectivity index is 1.52. The van der Waals surface area contributed by atoms with Gasteiger partial charge in [0.25, 0.3) is 11.5 Å². The fourth-order valence-corrected chi connectivity index (χ4v) is 4.11. The van der Waals surface area contributed by atoms with Gasteiger partial charge in [-0.15, -0.1) is 0 Å². The number of hydrogen-bond acceptors (Lipinski definition) is 6. The number of rotatable bonds is 4. The zero-order valence-electron chi connectivity index (χ0n) is 17.6. The minimum absolute atomic E-state index is 0.0920. The monoisotopic (exact) mass is 431 g/mol. The first-order chi connectivity index (χ1) is 14.8. The molecule has 3 heterocycles. The molecular weight excluding hydrogens is 405 g/mol. The van der Waals surface area contributed by atoms with Crippen molar-refractivity contribution in [3.05, 3.63) is 57.1 Å². The van der Waals surface area contributed by atoms with Gasteiger partial charge in [0.2, 0.25) is 0 Å². The van der Waals surface area contributed by atoms with Gasteiger partial charge in [-0.1, -0.05) is 12.1 Å². The van der Waals surface area contributed by atoms with Crippen LogP contribution in [-0.4, -0.2) is 47.7 Å². The summed E-state index contributed by atoms with van der Waals surface area (Å²) in [6.07, 6.45) is 1.29. The lowest BCUT2D eigenvalue weighted by Crippen LogP contribution is -2.46. The van der Waals surface area contributed by atoms with E-state index in [-0.39, 0.29) is 17.9 Å². The summed E-state index contributed by atoms with van der Waals surface area (Å²) in [7, 11) is 1.56. The molecule has 0 bridgehead atoms. The van der Waals surface area contributed by atoms with Crippen LogP contribution in [0.2, 0.25) is 0 Å². The SMILES string of the molecule is Cc1cc(CNC(=O)c2cc(N3CCC4(CC3)OCCO4)n(C)c(=O)c2O)ccc1F. The third kappa shape index (κ3) is 4.15. The largest absolute Gasteiger partial charge is 0.502 e. The van der Waals surface area contributed by atoms with Crippen LogP contribution in [0.5, 0.6) is 5.75 Å². The Bertz CT molecular complexity index is 1050. The minimum Gasteiger partial charge on any atom is -0.502 e. The highest BCUT2D eigenvalue weighted by atomic mass is 19.1. The van der Waals surface area contributed by atoms with Gasteiger partial charge in [-0.3, -0.25) is 14.2 Å². The molecule has 0 unspecified atom stereocenters. The zero-order chi connectivity index (χ0) is 22.2. The van der Waals surface area contributed by atoms with Gasteiger partial charge in [0, 0.05) is 39.5 Å². The Labute approximate surface area is 179 Å². The van der Waals surface area contributed by atoms with Crippen LogP contribution in [0.3, 0.4) is 0 Å². The molecule has 1 aromatic heterocycles. The van der Waals surface area contributed by atoms with Crippen molar-refractivity contribution in [2.75, 3.05) is 31.2 Å². The molecular formula is C22H26FN3O5. The highest BCUT2D eigenvalue weighted by Gasteiger charge is 2.40. The molecule has 2 saturated heterocycles. The van der Waals surface area contributed by atoms with E-state index in [4.69, 9.17) is 9.47 Å². The minimum atomic E-state index is -0.645.